The molecule has 2 N–H and O–H groups in total. The van der Waals surface area contributed by atoms with Crippen LogP contribution in [0.25, 0.3) is 11.3 Å². The molecule has 1 aromatic heterocycles. The van der Waals surface area contributed by atoms with Crippen LogP contribution in [0, 0.1) is 5.82 Å². The van der Waals surface area contributed by atoms with Crippen LogP contribution < -0.4 is 10.7 Å². The lowest BCUT2D eigenvalue weighted by Gasteiger charge is -2.37. The highest BCUT2D eigenvalue weighted by molar-refractivity contribution is 6.31. The minimum absolute atomic E-state index is 0.0320. The maximum Gasteiger partial charge on any atom is 0.414 e. The van der Waals surface area contributed by atoms with Gasteiger partial charge >= 0.3 is 6.09 Å². The Morgan fingerprint density at radius 3 is 2.50 bits per heavy atom. The van der Waals surface area contributed by atoms with Gasteiger partial charge in [0.05, 0.1) is 11.1 Å². The number of aromatic nitrogens is 1. The highest BCUT2D eigenvalue weighted by atomic mass is 35.5. The number of carbonyl (C=O) groups excluding carboxylic acids is 3. The standard InChI is InChI=1S/C31H38ClFN6O5/c1-21(2)37-14-16-38(17-15-37)29(41)13-12-25(39(22(3)40)34-19-24-10-7-11-26(33)30(24)32)20-43-31(42)35-28-18-27(36-44-28)23-8-5-4-6-9-23/h4-11,18,21,25,34H,12-17,19-20H2,1-3H3,(H,35,42)/t25-/m0/s1. The maximum atomic E-state index is 14.0. The molecule has 236 valence electrons. The summed E-state index contributed by atoms with van der Waals surface area (Å²) < 4.78 is 24.7. The first-order valence-corrected chi connectivity index (χ1v) is 14.9. The summed E-state index contributed by atoms with van der Waals surface area (Å²) in [5.41, 5.74) is 4.77. The summed E-state index contributed by atoms with van der Waals surface area (Å²) in [5, 5.41) is 7.70. The first-order chi connectivity index (χ1) is 21.1. The molecule has 0 saturated carbocycles. The number of ether oxygens (including phenoxy) is 1. The molecule has 11 nitrogen and oxygen atoms in total. The molecular weight excluding hydrogens is 591 g/mol. The first-order valence-electron chi connectivity index (χ1n) is 14.6. The number of nitrogens with one attached hydrogen (secondary N) is 2. The van der Waals surface area contributed by atoms with Crippen LogP contribution in [0.5, 0.6) is 0 Å². The minimum Gasteiger partial charge on any atom is -0.447 e. The van der Waals surface area contributed by atoms with Gasteiger partial charge in [0.15, 0.2) is 0 Å². The van der Waals surface area contributed by atoms with E-state index >= 15 is 0 Å². The van der Waals surface area contributed by atoms with Gasteiger partial charge in [0, 0.05) is 63.7 Å². The largest absolute Gasteiger partial charge is 0.447 e. The number of hydrogen-bond donors (Lipinski definition) is 2. The van der Waals surface area contributed by atoms with E-state index in [9.17, 15) is 18.8 Å². The van der Waals surface area contributed by atoms with Crippen molar-refractivity contribution in [3.05, 3.63) is 71.0 Å². The Bertz CT molecular complexity index is 1410. The molecule has 0 radical (unpaired) electrons. The molecule has 1 aliphatic heterocycles. The Morgan fingerprint density at radius 2 is 1.82 bits per heavy atom. The first kappa shape index (κ1) is 32.9. The SMILES string of the molecule is CC(=O)N(NCc1cccc(F)c1Cl)[C@@H](CCC(=O)N1CCN(C(C)C)CC1)COC(=O)Nc1cc(-c2ccccc2)no1. The van der Waals surface area contributed by atoms with Crippen molar-refractivity contribution < 1.29 is 28.0 Å². The molecule has 0 spiro atoms. The molecular formula is C31H38ClFN6O5. The van der Waals surface area contributed by atoms with Gasteiger partial charge in [-0.3, -0.25) is 24.8 Å². The fraction of sp³-hybridized carbons (Fsp3) is 0.419. The highest BCUT2D eigenvalue weighted by Crippen LogP contribution is 2.22. The molecule has 3 aromatic rings. The van der Waals surface area contributed by atoms with Crippen molar-refractivity contribution in [2.24, 2.45) is 0 Å². The second-order valence-electron chi connectivity index (χ2n) is 10.8. The van der Waals surface area contributed by atoms with E-state index in [1.807, 2.05) is 35.2 Å². The van der Waals surface area contributed by atoms with Crippen molar-refractivity contribution >= 4 is 35.4 Å². The van der Waals surface area contributed by atoms with Gasteiger partial charge in [0.1, 0.15) is 18.1 Å². The van der Waals surface area contributed by atoms with E-state index in [4.69, 9.17) is 20.9 Å². The zero-order valence-electron chi connectivity index (χ0n) is 25.1. The van der Waals surface area contributed by atoms with Crippen LogP contribution in [0.4, 0.5) is 15.1 Å². The summed E-state index contributed by atoms with van der Waals surface area (Å²) >= 11 is 6.11. The summed E-state index contributed by atoms with van der Waals surface area (Å²) in [6.07, 6.45) is -0.481. The van der Waals surface area contributed by atoms with Gasteiger partial charge in [-0.1, -0.05) is 59.2 Å². The highest BCUT2D eigenvalue weighted by Gasteiger charge is 2.27. The number of carbonyl (C=O) groups is 3. The number of hydrogen-bond acceptors (Lipinski definition) is 8. The Balaban J connectivity index is 1.41. The molecule has 2 aromatic carbocycles. The Kier molecular flexibility index (Phi) is 11.7. The third-order valence-electron chi connectivity index (χ3n) is 7.48. The van der Waals surface area contributed by atoms with Crippen molar-refractivity contribution in [1.29, 1.82) is 0 Å². The van der Waals surface area contributed by atoms with Crippen LogP contribution in [0.2, 0.25) is 5.02 Å². The fourth-order valence-corrected chi connectivity index (χ4v) is 5.16. The van der Waals surface area contributed by atoms with Gasteiger partial charge in [0.25, 0.3) is 0 Å². The minimum atomic E-state index is -0.821. The molecule has 1 aliphatic rings. The van der Waals surface area contributed by atoms with E-state index in [1.54, 1.807) is 12.1 Å². The lowest BCUT2D eigenvalue weighted by atomic mass is 10.1. The molecule has 1 saturated heterocycles. The number of amides is 3. The molecule has 1 atom stereocenters. The normalized spacial score (nSPS) is 14.4. The number of hydrazine groups is 1. The third kappa shape index (κ3) is 9.01. The molecule has 44 heavy (non-hydrogen) atoms. The van der Waals surface area contributed by atoms with Gasteiger partial charge in [-0.25, -0.2) is 14.6 Å². The summed E-state index contributed by atoms with van der Waals surface area (Å²) in [5.74, 6) is -0.923. The average molecular weight is 629 g/mol. The second kappa shape index (κ2) is 15.6. The number of nitrogens with zero attached hydrogens (tertiary/aromatic N) is 4. The van der Waals surface area contributed by atoms with E-state index in [0.29, 0.717) is 30.4 Å². The van der Waals surface area contributed by atoms with Crippen molar-refractivity contribution in [3.8, 4) is 11.3 Å². The van der Waals surface area contributed by atoms with E-state index in [-0.39, 0.29) is 48.7 Å². The van der Waals surface area contributed by atoms with Crippen molar-refractivity contribution in [3.63, 3.8) is 0 Å². The quantitative estimate of drug-likeness (QED) is 0.271. The summed E-state index contributed by atoms with van der Waals surface area (Å²) in [6.45, 7) is 8.23. The zero-order chi connectivity index (χ0) is 31.6. The monoisotopic (exact) mass is 628 g/mol. The van der Waals surface area contributed by atoms with Crippen LogP contribution >= 0.6 is 11.6 Å². The second-order valence-corrected chi connectivity index (χ2v) is 11.2. The molecule has 4 rings (SSSR count). The third-order valence-corrected chi connectivity index (χ3v) is 7.90. The number of rotatable bonds is 12. The van der Waals surface area contributed by atoms with Crippen LogP contribution in [0.3, 0.4) is 0 Å². The maximum absolute atomic E-state index is 14.0. The summed E-state index contributed by atoms with van der Waals surface area (Å²) in [7, 11) is 0. The lowest BCUT2D eigenvalue weighted by Crippen LogP contribution is -2.52. The molecule has 2 heterocycles. The predicted molar refractivity (Wildman–Crippen MR) is 164 cm³/mol. The molecule has 13 heteroatoms. The van der Waals surface area contributed by atoms with E-state index < -0.39 is 18.0 Å². The van der Waals surface area contributed by atoms with Crippen molar-refractivity contribution in [2.45, 2.75) is 52.2 Å². The van der Waals surface area contributed by atoms with Gasteiger partial charge < -0.3 is 14.2 Å². The molecule has 0 unspecified atom stereocenters. The van der Waals surface area contributed by atoms with E-state index in [2.05, 4.69) is 34.6 Å². The number of benzene rings is 2. The van der Waals surface area contributed by atoms with Crippen LogP contribution in [0.1, 0.15) is 39.2 Å². The van der Waals surface area contributed by atoms with Crippen molar-refractivity contribution in [1.82, 2.24) is 25.4 Å². The molecule has 0 bridgehead atoms. The smallest absolute Gasteiger partial charge is 0.414 e. The molecule has 0 aliphatic carbocycles. The summed E-state index contributed by atoms with van der Waals surface area (Å²) in [4.78, 5) is 42.7. The topological polar surface area (TPSA) is 120 Å². The molecule has 3 amide bonds. The predicted octanol–water partition coefficient (Wildman–Crippen LogP) is 4.94. The van der Waals surface area contributed by atoms with E-state index in [0.717, 1.165) is 18.7 Å². The molecule has 1 fully saturated rings. The Morgan fingerprint density at radius 1 is 1.09 bits per heavy atom. The van der Waals surface area contributed by atoms with Crippen LogP contribution in [0.15, 0.2) is 59.1 Å². The van der Waals surface area contributed by atoms with Crippen LogP contribution in [-0.2, 0) is 20.9 Å². The average Bonchev–Trinajstić information content (AvgIpc) is 3.48. The van der Waals surface area contributed by atoms with Crippen LogP contribution in [-0.4, -0.2) is 82.7 Å². The fourth-order valence-electron chi connectivity index (χ4n) is 4.96. The van der Waals surface area contributed by atoms with Crippen molar-refractivity contribution in [2.75, 3.05) is 38.1 Å². The van der Waals surface area contributed by atoms with Gasteiger partial charge in [-0.2, -0.15) is 0 Å². The lowest BCUT2D eigenvalue weighted by molar-refractivity contribution is -0.139. The Hall–Kier alpha value is -4.00. The number of halogens is 2. The van der Waals surface area contributed by atoms with Gasteiger partial charge in [-0.15, -0.1) is 0 Å². The Labute approximate surface area is 261 Å². The van der Waals surface area contributed by atoms with E-state index in [1.165, 1.54) is 24.1 Å². The summed E-state index contributed by atoms with van der Waals surface area (Å²) in [6, 6.07) is 15.0. The van der Waals surface area contributed by atoms with Gasteiger partial charge in [-0.05, 0) is 31.9 Å². The number of piperazine rings is 1. The number of anilines is 1. The zero-order valence-corrected chi connectivity index (χ0v) is 25.8. The van der Waals surface area contributed by atoms with Gasteiger partial charge in [0.2, 0.25) is 17.7 Å².